The van der Waals surface area contributed by atoms with Crippen molar-refractivity contribution in [3.8, 4) is 0 Å². The molecule has 0 bridgehead atoms. The molecule has 0 atom stereocenters. The van der Waals surface area contributed by atoms with E-state index in [9.17, 15) is 9.59 Å². The molecule has 0 aliphatic carbocycles. The van der Waals surface area contributed by atoms with Gasteiger partial charge < -0.3 is 9.64 Å². The molecule has 0 saturated carbocycles. The minimum atomic E-state index is -0.136. The Labute approximate surface area is 110 Å². The van der Waals surface area contributed by atoms with Crippen molar-refractivity contribution in [2.75, 3.05) is 20.2 Å². The van der Waals surface area contributed by atoms with Gasteiger partial charge in [-0.25, -0.2) is 0 Å². The van der Waals surface area contributed by atoms with Gasteiger partial charge in [0, 0.05) is 25.9 Å². The lowest BCUT2D eigenvalue weighted by atomic mass is 9.93. The number of esters is 1. The van der Waals surface area contributed by atoms with E-state index in [4.69, 9.17) is 0 Å². The number of hydrogen-bond donors (Lipinski definition) is 0. The van der Waals surface area contributed by atoms with Gasteiger partial charge in [0.1, 0.15) is 0 Å². The Balaban J connectivity index is 2.22. The van der Waals surface area contributed by atoms with E-state index >= 15 is 0 Å². The zero-order valence-electron chi connectivity index (χ0n) is 11.6. The number of amides is 1. The van der Waals surface area contributed by atoms with E-state index in [-0.39, 0.29) is 11.9 Å². The van der Waals surface area contributed by atoms with Gasteiger partial charge in [0.25, 0.3) is 0 Å². The molecule has 0 spiro atoms. The third kappa shape index (κ3) is 5.07. The van der Waals surface area contributed by atoms with Crippen LogP contribution in [0.2, 0.25) is 0 Å². The average molecular weight is 255 g/mol. The molecule has 4 heteroatoms. The predicted molar refractivity (Wildman–Crippen MR) is 70.1 cm³/mol. The summed E-state index contributed by atoms with van der Waals surface area (Å²) < 4.78 is 4.67. The summed E-state index contributed by atoms with van der Waals surface area (Å²) in [4.78, 5) is 25.0. The summed E-state index contributed by atoms with van der Waals surface area (Å²) in [7, 11) is 1.43. The largest absolute Gasteiger partial charge is 0.469 e. The van der Waals surface area contributed by atoms with Crippen LogP contribution in [0, 0.1) is 5.92 Å². The maximum atomic E-state index is 11.9. The summed E-state index contributed by atoms with van der Waals surface area (Å²) in [5.41, 5.74) is 0. The molecular weight excluding hydrogens is 230 g/mol. The van der Waals surface area contributed by atoms with Crippen LogP contribution in [-0.4, -0.2) is 37.0 Å². The summed E-state index contributed by atoms with van der Waals surface area (Å²) in [5, 5.41) is 0. The van der Waals surface area contributed by atoms with E-state index in [1.165, 1.54) is 7.11 Å². The van der Waals surface area contributed by atoms with Crippen LogP contribution < -0.4 is 0 Å². The molecule has 4 nitrogen and oxygen atoms in total. The van der Waals surface area contributed by atoms with Crippen LogP contribution in [0.25, 0.3) is 0 Å². The van der Waals surface area contributed by atoms with Crippen molar-refractivity contribution in [2.24, 2.45) is 5.92 Å². The highest BCUT2D eigenvalue weighted by molar-refractivity contribution is 5.76. The van der Waals surface area contributed by atoms with Crippen molar-refractivity contribution in [2.45, 2.75) is 51.9 Å². The molecule has 0 unspecified atom stereocenters. The second-order valence-electron chi connectivity index (χ2n) is 5.06. The first-order valence-electron chi connectivity index (χ1n) is 7.02. The topological polar surface area (TPSA) is 46.6 Å². The highest BCUT2D eigenvalue weighted by Crippen LogP contribution is 2.21. The van der Waals surface area contributed by atoms with Crippen molar-refractivity contribution < 1.29 is 14.3 Å². The molecular formula is C14H25NO3. The lowest BCUT2D eigenvalue weighted by Crippen LogP contribution is -2.38. The zero-order chi connectivity index (χ0) is 13.4. The number of likely N-dealkylation sites (tertiary alicyclic amines) is 1. The van der Waals surface area contributed by atoms with Gasteiger partial charge in [-0.15, -0.1) is 0 Å². The Morgan fingerprint density at radius 2 is 1.89 bits per heavy atom. The molecule has 1 amide bonds. The standard InChI is InChI=1S/C14H25NO3/c1-3-4-5-6-13(16)15-9-7-12(8-10-15)11-14(17)18-2/h12H,3-11H2,1-2H3. The Bertz CT molecular complexity index is 270. The van der Waals surface area contributed by atoms with Crippen molar-refractivity contribution in [1.29, 1.82) is 0 Å². The maximum absolute atomic E-state index is 11.9. The number of ether oxygens (including phenoxy) is 1. The number of nitrogens with zero attached hydrogens (tertiary/aromatic N) is 1. The third-order valence-electron chi connectivity index (χ3n) is 3.64. The smallest absolute Gasteiger partial charge is 0.305 e. The van der Waals surface area contributed by atoms with Crippen molar-refractivity contribution >= 4 is 11.9 Å². The fourth-order valence-electron chi connectivity index (χ4n) is 2.39. The zero-order valence-corrected chi connectivity index (χ0v) is 11.6. The summed E-state index contributed by atoms with van der Waals surface area (Å²) in [6.07, 6.45) is 6.30. The fourth-order valence-corrected chi connectivity index (χ4v) is 2.39. The molecule has 1 aliphatic rings. The Hall–Kier alpha value is -1.06. The van der Waals surface area contributed by atoms with Crippen LogP contribution >= 0.6 is 0 Å². The van der Waals surface area contributed by atoms with Gasteiger partial charge in [0.05, 0.1) is 7.11 Å². The highest BCUT2D eigenvalue weighted by Gasteiger charge is 2.24. The predicted octanol–water partition coefficient (Wildman–Crippen LogP) is 2.37. The molecule has 0 radical (unpaired) electrons. The quantitative estimate of drug-likeness (QED) is 0.540. The summed E-state index contributed by atoms with van der Waals surface area (Å²) in [5.74, 6) is 0.528. The number of hydrogen-bond acceptors (Lipinski definition) is 3. The second-order valence-corrected chi connectivity index (χ2v) is 5.06. The van der Waals surface area contributed by atoms with Crippen molar-refractivity contribution in [1.82, 2.24) is 4.90 Å². The molecule has 1 heterocycles. The highest BCUT2D eigenvalue weighted by atomic mass is 16.5. The number of rotatable bonds is 6. The van der Waals surface area contributed by atoms with E-state index in [1.807, 2.05) is 4.90 Å². The molecule has 0 N–H and O–H groups in total. The van der Waals surface area contributed by atoms with Crippen LogP contribution in [0.15, 0.2) is 0 Å². The molecule has 1 aliphatic heterocycles. The number of carbonyl (C=O) groups excluding carboxylic acids is 2. The van der Waals surface area contributed by atoms with E-state index in [2.05, 4.69) is 11.7 Å². The number of piperidine rings is 1. The molecule has 0 aromatic rings. The van der Waals surface area contributed by atoms with E-state index in [0.29, 0.717) is 18.8 Å². The van der Waals surface area contributed by atoms with Crippen LogP contribution in [0.3, 0.4) is 0 Å². The summed E-state index contributed by atoms with van der Waals surface area (Å²) >= 11 is 0. The monoisotopic (exact) mass is 255 g/mol. The summed E-state index contributed by atoms with van der Waals surface area (Å²) in [6, 6.07) is 0. The lowest BCUT2D eigenvalue weighted by Gasteiger charge is -2.31. The molecule has 0 aromatic heterocycles. The Morgan fingerprint density at radius 1 is 1.22 bits per heavy atom. The molecule has 1 rings (SSSR count). The minimum Gasteiger partial charge on any atom is -0.469 e. The van der Waals surface area contributed by atoms with Gasteiger partial charge in [-0.2, -0.15) is 0 Å². The van der Waals surface area contributed by atoms with Gasteiger partial charge in [-0.3, -0.25) is 9.59 Å². The van der Waals surface area contributed by atoms with Crippen LogP contribution in [0.1, 0.15) is 51.9 Å². The maximum Gasteiger partial charge on any atom is 0.305 e. The second kappa shape index (κ2) is 8.11. The van der Waals surface area contributed by atoms with Gasteiger partial charge in [-0.05, 0) is 25.2 Å². The van der Waals surface area contributed by atoms with E-state index in [1.54, 1.807) is 0 Å². The number of unbranched alkanes of at least 4 members (excludes halogenated alkanes) is 2. The van der Waals surface area contributed by atoms with Gasteiger partial charge in [0.2, 0.25) is 5.91 Å². The van der Waals surface area contributed by atoms with Gasteiger partial charge in [-0.1, -0.05) is 19.8 Å². The van der Waals surface area contributed by atoms with Crippen molar-refractivity contribution in [3.05, 3.63) is 0 Å². The molecule has 0 aromatic carbocycles. The van der Waals surface area contributed by atoms with E-state index < -0.39 is 0 Å². The van der Waals surface area contributed by atoms with Gasteiger partial charge >= 0.3 is 5.97 Å². The lowest BCUT2D eigenvalue weighted by molar-refractivity contribution is -0.142. The van der Waals surface area contributed by atoms with E-state index in [0.717, 1.165) is 45.2 Å². The first-order chi connectivity index (χ1) is 8.67. The minimum absolute atomic E-state index is 0.136. The van der Waals surface area contributed by atoms with Crippen LogP contribution in [-0.2, 0) is 14.3 Å². The third-order valence-corrected chi connectivity index (χ3v) is 3.64. The SMILES string of the molecule is CCCCCC(=O)N1CCC(CC(=O)OC)CC1. The van der Waals surface area contributed by atoms with Crippen molar-refractivity contribution in [3.63, 3.8) is 0 Å². The number of methoxy groups -OCH3 is 1. The summed E-state index contributed by atoms with van der Waals surface area (Å²) in [6.45, 7) is 3.74. The molecule has 1 saturated heterocycles. The normalized spacial score (nSPS) is 16.7. The molecule has 104 valence electrons. The first kappa shape index (κ1) is 15.0. The van der Waals surface area contributed by atoms with Crippen LogP contribution in [0.5, 0.6) is 0 Å². The molecule has 18 heavy (non-hydrogen) atoms. The molecule has 1 fully saturated rings. The average Bonchev–Trinajstić information content (AvgIpc) is 2.39. The number of carbonyl (C=O) groups is 2. The van der Waals surface area contributed by atoms with Gasteiger partial charge in [0.15, 0.2) is 0 Å². The Morgan fingerprint density at radius 3 is 2.44 bits per heavy atom. The fraction of sp³-hybridized carbons (Fsp3) is 0.857. The van der Waals surface area contributed by atoms with Crippen LogP contribution in [0.4, 0.5) is 0 Å². The Kier molecular flexibility index (Phi) is 6.76. The first-order valence-corrected chi connectivity index (χ1v) is 7.02.